The molecule has 5 nitrogen and oxygen atoms in total. The molecule has 0 spiro atoms. The molecule has 1 amide bonds. The summed E-state index contributed by atoms with van der Waals surface area (Å²) in [7, 11) is 0. The molecule has 4 rings (SSSR count). The molecular weight excluding hydrogens is 343 g/mol. The second-order valence-electron chi connectivity index (χ2n) is 7.31. The van der Waals surface area contributed by atoms with E-state index in [0.29, 0.717) is 12.6 Å². The van der Waals surface area contributed by atoms with E-state index in [1.165, 1.54) is 12.1 Å². The molecule has 0 saturated carbocycles. The van der Waals surface area contributed by atoms with Crippen molar-refractivity contribution in [1.82, 2.24) is 20.1 Å². The molecule has 0 aliphatic carbocycles. The Balaban J connectivity index is 1.42. The molecule has 2 aromatic rings. The number of nitrogens with one attached hydrogen (secondary N) is 1. The van der Waals surface area contributed by atoms with Crippen LogP contribution in [-0.2, 0) is 11.3 Å². The highest BCUT2D eigenvalue weighted by molar-refractivity contribution is 5.84. The fraction of sp³-hybridized carbons (Fsp3) is 0.429. The Kier molecular flexibility index (Phi) is 5.45. The maximum atomic E-state index is 13.3. The predicted octanol–water partition coefficient (Wildman–Crippen LogP) is 2.36. The number of rotatable bonds is 4. The van der Waals surface area contributed by atoms with Crippen molar-refractivity contribution < 1.29 is 9.18 Å². The fourth-order valence-electron chi connectivity index (χ4n) is 4.20. The molecule has 0 unspecified atom stereocenters. The molecule has 2 fully saturated rings. The first-order valence-electron chi connectivity index (χ1n) is 9.62. The van der Waals surface area contributed by atoms with E-state index >= 15 is 0 Å². The van der Waals surface area contributed by atoms with Gasteiger partial charge in [0.25, 0.3) is 0 Å². The standard InChI is InChI=1S/C21H25FN4O/c22-17-6-4-16(5-7-17)20-21(27)24-11-14-26(20)19-8-12-25(13-9-19)15-18-3-1-2-10-23-18/h1-7,10,19-20H,8-9,11-15H2,(H,24,27)/t20-/m1/s1. The summed E-state index contributed by atoms with van der Waals surface area (Å²) in [5.41, 5.74) is 1.96. The van der Waals surface area contributed by atoms with E-state index in [2.05, 4.69) is 26.2 Å². The summed E-state index contributed by atoms with van der Waals surface area (Å²) in [4.78, 5) is 21.7. The molecule has 1 N–H and O–H groups in total. The second kappa shape index (κ2) is 8.15. The molecule has 0 radical (unpaired) electrons. The van der Waals surface area contributed by atoms with Crippen molar-refractivity contribution in [2.45, 2.75) is 31.5 Å². The van der Waals surface area contributed by atoms with Gasteiger partial charge in [0.05, 0.1) is 5.69 Å². The van der Waals surface area contributed by atoms with E-state index in [9.17, 15) is 9.18 Å². The van der Waals surface area contributed by atoms with Crippen molar-refractivity contribution in [2.75, 3.05) is 26.2 Å². The number of aromatic nitrogens is 1. The molecule has 2 saturated heterocycles. The van der Waals surface area contributed by atoms with Gasteiger partial charge in [-0.1, -0.05) is 18.2 Å². The van der Waals surface area contributed by atoms with Crippen molar-refractivity contribution in [3.8, 4) is 0 Å². The minimum absolute atomic E-state index is 0.0174. The minimum atomic E-state index is -0.327. The van der Waals surface area contributed by atoms with Gasteiger partial charge in [-0.3, -0.25) is 19.6 Å². The lowest BCUT2D eigenvalue weighted by molar-refractivity contribution is -0.131. The number of amides is 1. The molecule has 3 heterocycles. The van der Waals surface area contributed by atoms with Crippen molar-refractivity contribution in [2.24, 2.45) is 0 Å². The summed E-state index contributed by atoms with van der Waals surface area (Å²) in [6.45, 7) is 4.36. The first-order valence-corrected chi connectivity index (χ1v) is 9.62. The van der Waals surface area contributed by atoms with Crippen LogP contribution >= 0.6 is 0 Å². The zero-order valence-electron chi connectivity index (χ0n) is 15.4. The second-order valence-corrected chi connectivity index (χ2v) is 7.31. The molecule has 142 valence electrons. The number of nitrogens with zero attached hydrogens (tertiary/aromatic N) is 3. The molecule has 0 bridgehead atoms. The lowest BCUT2D eigenvalue weighted by atomic mass is 9.95. The molecule has 6 heteroatoms. The predicted molar refractivity (Wildman–Crippen MR) is 101 cm³/mol. The van der Waals surface area contributed by atoms with E-state index in [0.717, 1.165) is 50.3 Å². The normalized spacial score (nSPS) is 22.6. The van der Waals surface area contributed by atoms with Gasteiger partial charge < -0.3 is 5.32 Å². The van der Waals surface area contributed by atoms with Gasteiger partial charge in [0.2, 0.25) is 5.91 Å². The van der Waals surface area contributed by atoms with Crippen molar-refractivity contribution >= 4 is 5.91 Å². The van der Waals surface area contributed by atoms with Gasteiger partial charge in [-0.2, -0.15) is 0 Å². The molecule has 2 aliphatic heterocycles. The Morgan fingerprint density at radius 3 is 2.56 bits per heavy atom. The van der Waals surface area contributed by atoms with E-state index in [-0.39, 0.29) is 17.8 Å². The summed E-state index contributed by atoms with van der Waals surface area (Å²) in [5, 5.41) is 2.96. The molecule has 2 aliphatic rings. The fourth-order valence-corrected chi connectivity index (χ4v) is 4.20. The Morgan fingerprint density at radius 2 is 1.85 bits per heavy atom. The lowest BCUT2D eigenvalue weighted by Crippen LogP contribution is -2.55. The first kappa shape index (κ1) is 18.1. The highest BCUT2D eigenvalue weighted by atomic mass is 19.1. The molecular formula is C21H25FN4O. The molecule has 1 atom stereocenters. The number of carbonyl (C=O) groups is 1. The summed E-state index contributed by atoms with van der Waals surface area (Å²) < 4.78 is 13.3. The van der Waals surface area contributed by atoms with Gasteiger partial charge in [-0.15, -0.1) is 0 Å². The monoisotopic (exact) mass is 368 g/mol. The number of benzene rings is 1. The average Bonchev–Trinajstić information content (AvgIpc) is 2.70. The smallest absolute Gasteiger partial charge is 0.242 e. The SMILES string of the molecule is O=C1NCCN(C2CCN(Cc3ccccn3)CC2)[C@@H]1c1ccc(F)cc1. The maximum absolute atomic E-state index is 13.3. The number of hydrogen-bond donors (Lipinski definition) is 1. The van der Waals surface area contributed by atoms with Crippen LogP contribution in [0.15, 0.2) is 48.7 Å². The number of carbonyl (C=O) groups excluding carboxylic acids is 1. The molecule has 27 heavy (non-hydrogen) atoms. The van der Waals surface area contributed by atoms with Crippen LogP contribution in [0.5, 0.6) is 0 Å². The third kappa shape index (κ3) is 4.17. The number of halogens is 1. The Morgan fingerprint density at radius 1 is 1.07 bits per heavy atom. The van der Waals surface area contributed by atoms with Gasteiger partial charge >= 0.3 is 0 Å². The van der Waals surface area contributed by atoms with Crippen molar-refractivity contribution in [3.63, 3.8) is 0 Å². The molecule has 1 aromatic heterocycles. The van der Waals surface area contributed by atoms with Crippen LogP contribution in [0.1, 0.15) is 30.1 Å². The zero-order chi connectivity index (χ0) is 18.6. The summed E-state index contributed by atoms with van der Waals surface area (Å²) >= 11 is 0. The van der Waals surface area contributed by atoms with Crippen molar-refractivity contribution in [1.29, 1.82) is 0 Å². The van der Waals surface area contributed by atoms with Crippen LogP contribution in [-0.4, -0.2) is 52.9 Å². The largest absolute Gasteiger partial charge is 0.353 e. The number of piperazine rings is 1. The highest BCUT2D eigenvalue weighted by Gasteiger charge is 2.36. The van der Waals surface area contributed by atoms with Gasteiger partial charge in [0, 0.05) is 45.0 Å². The van der Waals surface area contributed by atoms with E-state index < -0.39 is 0 Å². The van der Waals surface area contributed by atoms with E-state index in [1.54, 1.807) is 12.1 Å². The number of piperidine rings is 1. The number of hydrogen-bond acceptors (Lipinski definition) is 4. The Labute approximate surface area is 159 Å². The summed E-state index contributed by atoms with van der Waals surface area (Å²) in [6.07, 6.45) is 3.89. The van der Waals surface area contributed by atoms with Gasteiger partial charge in [-0.25, -0.2) is 4.39 Å². The van der Waals surface area contributed by atoms with Crippen molar-refractivity contribution in [3.05, 3.63) is 65.7 Å². The quantitative estimate of drug-likeness (QED) is 0.900. The van der Waals surface area contributed by atoms with Crippen LogP contribution in [0, 0.1) is 5.82 Å². The number of pyridine rings is 1. The molecule has 1 aromatic carbocycles. The van der Waals surface area contributed by atoms with Crippen LogP contribution < -0.4 is 5.32 Å². The topological polar surface area (TPSA) is 48.5 Å². The zero-order valence-corrected chi connectivity index (χ0v) is 15.4. The maximum Gasteiger partial charge on any atom is 0.242 e. The summed E-state index contributed by atoms with van der Waals surface area (Å²) in [5.74, 6) is -0.256. The summed E-state index contributed by atoms with van der Waals surface area (Å²) in [6, 6.07) is 12.4. The van der Waals surface area contributed by atoms with E-state index in [1.807, 2.05) is 18.3 Å². The van der Waals surface area contributed by atoms with Crippen LogP contribution in [0.4, 0.5) is 4.39 Å². The van der Waals surface area contributed by atoms with Crippen LogP contribution in [0.3, 0.4) is 0 Å². The third-order valence-corrected chi connectivity index (χ3v) is 5.57. The third-order valence-electron chi connectivity index (χ3n) is 5.57. The van der Waals surface area contributed by atoms with Crippen LogP contribution in [0.2, 0.25) is 0 Å². The van der Waals surface area contributed by atoms with Gasteiger partial charge in [0.1, 0.15) is 11.9 Å². The van der Waals surface area contributed by atoms with E-state index in [4.69, 9.17) is 0 Å². The number of likely N-dealkylation sites (tertiary alicyclic amines) is 1. The Bertz CT molecular complexity index is 760. The minimum Gasteiger partial charge on any atom is -0.353 e. The average molecular weight is 368 g/mol. The van der Waals surface area contributed by atoms with Crippen LogP contribution in [0.25, 0.3) is 0 Å². The van der Waals surface area contributed by atoms with Gasteiger partial charge in [-0.05, 0) is 42.7 Å². The van der Waals surface area contributed by atoms with Gasteiger partial charge in [0.15, 0.2) is 0 Å². The first-order chi connectivity index (χ1) is 13.2. The lowest BCUT2D eigenvalue weighted by Gasteiger charge is -2.44. The Hall–Kier alpha value is -2.31. The highest BCUT2D eigenvalue weighted by Crippen LogP contribution is 2.29.